The van der Waals surface area contributed by atoms with Gasteiger partial charge in [-0.05, 0) is 35.9 Å². The highest BCUT2D eigenvalue weighted by atomic mass is 35.5. The third kappa shape index (κ3) is 6.05. The van der Waals surface area contributed by atoms with E-state index in [0.29, 0.717) is 10.6 Å². The van der Waals surface area contributed by atoms with E-state index < -0.39 is 18.5 Å². The summed E-state index contributed by atoms with van der Waals surface area (Å²) in [4.78, 5) is 23.4. The summed E-state index contributed by atoms with van der Waals surface area (Å²) < 4.78 is 17.6. The van der Waals surface area contributed by atoms with Crippen molar-refractivity contribution in [2.75, 3.05) is 11.9 Å². The highest BCUT2D eigenvalue weighted by Crippen LogP contribution is 2.33. The van der Waals surface area contributed by atoms with Gasteiger partial charge in [0.25, 0.3) is 5.91 Å². The quantitative estimate of drug-likeness (QED) is 0.567. The second-order valence-corrected chi connectivity index (χ2v) is 6.04. The summed E-state index contributed by atoms with van der Waals surface area (Å²) in [6, 6.07) is 8.35. The zero-order chi connectivity index (χ0) is 18.4. The molecule has 2 rings (SSSR count). The first-order valence-electron chi connectivity index (χ1n) is 6.90. The van der Waals surface area contributed by atoms with Crippen LogP contribution < -0.4 is 5.32 Å². The monoisotopic (exact) mass is 401 g/mol. The van der Waals surface area contributed by atoms with E-state index in [9.17, 15) is 14.0 Å². The highest BCUT2D eigenvalue weighted by molar-refractivity contribution is 6.42. The van der Waals surface area contributed by atoms with Crippen LogP contribution in [0.2, 0.25) is 15.1 Å². The van der Waals surface area contributed by atoms with Crippen molar-refractivity contribution in [3.8, 4) is 0 Å². The molecule has 1 amide bonds. The van der Waals surface area contributed by atoms with E-state index in [-0.39, 0.29) is 21.5 Å². The highest BCUT2D eigenvalue weighted by Gasteiger charge is 2.12. The smallest absolute Gasteiger partial charge is 0.331 e. The lowest BCUT2D eigenvalue weighted by Crippen LogP contribution is -2.20. The van der Waals surface area contributed by atoms with Crippen LogP contribution >= 0.6 is 34.8 Å². The van der Waals surface area contributed by atoms with Gasteiger partial charge in [-0.3, -0.25) is 4.79 Å². The van der Waals surface area contributed by atoms with E-state index in [1.165, 1.54) is 42.5 Å². The Kier molecular flexibility index (Phi) is 6.82. The van der Waals surface area contributed by atoms with Crippen molar-refractivity contribution >= 4 is 58.4 Å². The molecule has 0 spiro atoms. The lowest BCUT2D eigenvalue weighted by atomic mass is 10.2. The molecular formula is C17H11Cl3FNO3. The molecule has 0 aromatic heterocycles. The molecule has 0 saturated carbocycles. The lowest BCUT2D eigenvalue weighted by Gasteiger charge is -2.09. The lowest BCUT2D eigenvalue weighted by molar-refractivity contribution is -0.142. The summed E-state index contributed by atoms with van der Waals surface area (Å²) in [6.45, 7) is -0.526. The number of anilines is 1. The third-order valence-corrected chi connectivity index (χ3v) is 3.71. The van der Waals surface area contributed by atoms with E-state index in [0.717, 1.165) is 6.08 Å². The second kappa shape index (κ2) is 8.85. The van der Waals surface area contributed by atoms with Crippen LogP contribution in [0.1, 0.15) is 5.56 Å². The standard InChI is InChI=1S/C17H11Cl3FNO3/c18-11-7-13(19)17(14(20)8-11)22-15(23)9-25-16(24)6-3-10-1-4-12(21)5-2-10/h1-8H,9H2,(H,22,23)/b6-3+. The van der Waals surface area contributed by atoms with Crippen LogP contribution in [0.4, 0.5) is 10.1 Å². The van der Waals surface area contributed by atoms with E-state index in [2.05, 4.69) is 5.32 Å². The second-order valence-electron chi connectivity index (χ2n) is 4.79. The van der Waals surface area contributed by atoms with Gasteiger partial charge in [-0.15, -0.1) is 0 Å². The Hall–Kier alpha value is -2.08. The van der Waals surface area contributed by atoms with Crippen LogP contribution in [0.3, 0.4) is 0 Å². The largest absolute Gasteiger partial charge is 0.452 e. The van der Waals surface area contributed by atoms with Gasteiger partial charge in [-0.1, -0.05) is 46.9 Å². The van der Waals surface area contributed by atoms with E-state index in [1.54, 1.807) is 0 Å². The molecule has 4 nitrogen and oxygen atoms in total. The summed E-state index contributed by atoms with van der Waals surface area (Å²) >= 11 is 17.7. The molecule has 8 heteroatoms. The zero-order valence-corrected chi connectivity index (χ0v) is 14.8. The Labute approximate surface area is 158 Å². The number of esters is 1. The molecule has 0 heterocycles. The van der Waals surface area contributed by atoms with Crippen molar-refractivity contribution in [3.63, 3.8) is 0 Å². The molecule has 0 unspecified atom stereocenters. The number of rotatable bonds is 5. The Morgan fingerprint density at radius 3 is 2.28 bits per heavy atom. The molecule has 0 bridgehead atoms. The molecule has 25 heavy (non-hydrogen) atoms. The van der Waals surface area contributed by atoms with Gasteiger partial charge < -0.3 is 10.1 Å². The van der Waals surface area contributed by atoms with Crippen molar-refractivity contribution in [3.05, 3.63) is 68.9 Å². The number of ether oxygens (including phenoxy) is 1. The average Bonchev–Trinajstić information content (AvgIpc) is 2.55. The molecule has 0 aliphatic carbocycles. The molecule has 130 valence electrons. The molecular weight excluding hydrogens is 392 g/mol. The number of benzene rings is 2. The van der Waals surface area contributed by atoms with Crippen LogP contribution in [0.15, 0.2) is 42.5 Å². The number of nitrogens with one attached hydrogen (secondary N) is 1. The molecule has 0 saturated heterocycles. The minimum Gasteiger partial charge on any atom is -0.452 e. The molecule has 1 N–H and O–H groups in total. The predicted molar refractivity (Wildman–Crippen MR) is 96.5 cm³/mol. The summed E-state index contributed by atoms with van der Waals surface area (Å²) in [7, 11) is 0. The minimum atomic E-state index is -0.729. The first kappa shape index (κ1) is 19.2. The minimum absolute atomic E-state index is 0.161. The molecule has 0 radical (unpaired) electrons. The van der Waals surface area contributed by atoms with Crippen molar-refractivity contribution < 1.29 is 18.7 Å². The Balaban J connectivity index is 1.87. The molecule has 2 aromatic carbocycles. The number of halogens is 4. The first-order valence-corrected chi connectivity index (χ1v) is 8.03. The molecule has 0 aliphatic heterocycles. The van der Waals surface area contributed by atoms with Gasteiger partial charge in [-0.25, -0.2) is 9.18 Å². The van der Waals surface area contributed by atoms with Gasteiger partial charge in [0, 0.05) is 11.1 Å². The van der Waals surface area contributed by atoms with Crippen LogP contribution in [0.25, 0.3) is 6.08 Å². The van der Waals surface area contributed by atoms with Crippen LogP contribution in [0, 0.1) is 5.82 Å². The van der Waals surface area contributed by atoms with Gasteiger partial charge in [0.1, 0.15) is 5.82 Å². The third-order valence-electron chi connectivity index (χ3n) is 2.90. The van der Waals surface area contributed by atoms with Gasteiger partial charge in [0.2, 0.25) is 0 Å². The van der Waals surface area contributed by atoms with E-state index >= 15 is 0 Å². The number of hydrogen-bond donors (Lipinski definition) is 1. The molecule has 0 fully saturated rings. The van der Waals surface area contributed by atoms with Gasteiger partial charge in [-0.2, -0.15) is 0 Å². The zero-order valence-electron chi connectivity index (χ0n) is 12.6. The maximum Gasteiger partial charge on any atom is 0.331 e. The summed E-state index contributed by atoms with van der Waals surface area (Å²) in [6.07, 6.45) is 2.56. The number of carbonyl (C=O) groups excluding carboxylic acids is 2. The van der Waals surface area contributed by atoms with Gasteiger partial charge in [0.15, 0.2) is 6.61 Å². The van der Waals surface area contributed by atoms with Gasteiger partial charge >= 0.3 is 5.97 Å². The van der Waals surface area contributed by atoms with E-state index in [4.69, 9.17) is 39.5 Å². The van der Waals surface area contributed by atoms with Crippen molar-refractivity contribution in [1.29, 1.82) is 0 Å². The Morgan fingerprint density at radius 1 is 1.08 bits per heavy atom. The summed E-state index contributed by atoms with van der Waals surface area (Å²) in [5, 5.41) is 3.08. The fourth-order valence-corrected chi connectivity index (χ4v) is 2.67. The molecule has 2 aromatic rings. The van der Waals surface area contributed by atoms with Crippen molar-refractivity contribution in [1.82, 2.24) is 0 Å². The fraction of sp³-hybridized carbons (Fsp3) is 0.0588. The Morgan fingerprint density at radius 2 is 1.68 bits per heavy atom. The van der Waals surface area contributed by atoms with Crippen molar-refractivity contribution in [2.24, 2.45) is 0 Å². The molecule has 0 aliphatic rings. The fourth-order valence-electron chi connectivity index (χ4n) is 1.76. The van der Waals surface area contributed by atoms with Crippen LogP contribution in [0.5, 0.6) is 0 Å². The number of amides is 1. The summed E-state index contributed by atoms with van der Waals surface area (Å²) in [5.74, 6) is -1.72. The normalized spacial score (nSPS) is 10.7. The SMILES string of the molecule is O=C(COC(=O)/C=C/c1ccc(F)cc1)Nc1c(Cl)cc(Cl)cc1Cl. The number of carbonyl (C=O) groups is 2. The van der Waals surface area contributed by atoms with E-state index in [1.807, 2.05) is 0 Å². The van der Waals surface area contributed by atoms with Crippen LogP contribution in [-0.2, 0) is 14.3 Å². The first-order chi connectivity index (χ1) is 11.8. The Bertz CT molecular complexity index is 799. The predicted octanol–water partition coefficient (Wildman–Crippen LogP) is 4.98. The number of hydrogen-bond acceptors (Lipinski definition) is 3. The van der Waals surface area contributed by atoms with Gasteiger partial charge in [0.05, 0.1) is 15.7 Å². The average molecular weight is 403 g/mol. The summed E-state index contributed by atoms with van der Waals surface area (Å²) in [5.41, 5.74) is 0.790. The van der Waals surface area contributed by atoms with Crippen LogP contribution in [-0.4, -0.2) is 18.5 Å². The molecule has 0 atom stereocenters. The topological polar surface area (TPSA) is 55.4 Å². The maximum atomic E-state index is 12.8. The maximum absolute atomic E-state index is 12.8. The van der Waals surface area contributed by atoms with Crippen molar-refractivity contribution in [2.45, 2.75) is 0 Å².